The van der Waals surface area contributed by atoms with Crippen molar-refractivity contribution in [2.24, 2.45) is 5.41 Å². The highest BCUT2D eigenvalue weighted by molar-refractivity contribution is 6.00. The van der Waals surface area contributed by atoms with Gasteiger partial charge >= 0.3 is 0 Å². The van der Waals surface area contributed by atoms with E-state index in [-0.39, 0.29) is 12.0 Å². The van der Waals surface area contributed by atoms with Gasteiger partial charge in [-0.1, -0.05) is 50.8 Å². The molecule has 1 fully saturated rings. The molecule has 1 amide bonds. The van der Waals surface area contributed by atoms with E-state index < -0.39 is 23.2 Å². The number of fused-ring (bicyclic) bond motifs is 1. The summed E-state index contributed by atoms with van der Waals surface area (Å²) in [6.45, 7) is 11.2. The third kappa shape index (κ3) is 5.17. The first-order valence-corrected chi connectivity index (χ1v) is 12.5. The number of carbonyl (C=O) groups is 1. The van der Waals surface area contributed by atoms with Crippen molar-refractivity contribution in [2.45, 2.75) is 50.9 Å². The van der Waals surface area contributed by atoms with Crippen LogP contribution in [0.5, 0.6) is 11.5 Å². The van der Waals surface area contributed by atoms with Crippen LogP contribution in [0.2, 0.25) is 0 Å². The molecule has 198 valence electrons. The maximum Gasteiger partial charge on any atom is 0.257 e. The van der Waals surface area contributed by atoms with Crippen LogP contribution in [0.3, 0.4) is 0 Å². The number of aliphatic hydroxyl groups is 1. The van der Waals surface area contributed by atoms with Gasteiger partial charge in [0, 0.05) is 12.7 Å². The van der Waals surface area contributed by atoms with Crippen LogP contribution in [0, 0.1) is 5.41 Å². The van der Waals surface area contributed by atoms with Gasteiger partial charge in [0.1, 0.15) is 18.1 Å². The second-order valence-electron chi connectivity index (χ2n) is 10.7. The van der Waals surface area contributed by atoms with Crippen LogP contribution < -0.4 is 14.8 Å². The number of carbonyl (C=O) groups excluding carboxylic acids is 1. The molecule has 7 nitrogen and oxygen atoms in total. The van der Waals surface area contributed by atoms with Gasteiger partial charge in [-0.3, -0.25) is 4.79 Å². The molecule has 0 aliphatic carbocycles. The van der Waals surface area contributed by atoms with E-state index in [0.29, 0.717) is 34.9 Å². The van der Waals surface area contributed by atoms with Gasteiger partial charge < -0.3 is 29.4 Å². The standard InChI is InChI=1S/C30H37NO6/c1-7-18-36-25-20(14-15-29(4)17-16-28(2,3)19-37-29)8-13-23-24(25)30(33,26(35-6)27(32)31-23)21-9-11-22(34-5)12-10-21/h7-15,26,33H,1,16-19H2,2-6H3,(H,31,32)/b15-14+. The molecule has 0 bridgehead atoms. The third-order valence-electron chi connectivity index (χ3n) is 7.26. The average Bonchev–Trinajstić information content (AvgIpc) is 2.88. The van der Waals surface area contributed by atoms with Crippen LogP contribution in [0.25, 0.3) is 6.08 Å². The molecule has 2 heterocycles. The lowest BCUT2D eigenvalue weighted by atomic mass is 9.76. The van der Waals surface area contributed by atoms with Gasteiger partial charge in [0.05, 0.1) is 30.6 Å². The molecular weight excluding hydrogens is 470 g/mol. The second kappa shape index (κ2) is 10.3. The maximum absolute atomic E-state index is 13.0. The second-order valence-corrected chi connectivity index (χ2v) is 10.7. The number of hydrogen-bond acceptors (Lipinski definition) is 6. The summed E-state index contributed by atoms with van der Waals surface area (Å²) in [4.78, 5) is 13.0. The van der Waals surface area contributed by atoms with Gasteiger partial charge in [-0.05, 0) is 55.0 Å². The van der Waals surface area contributed by atoms with Crippen LogP contribution in [0.15, 0.2) is 55.1 Å². The molecule has 0 radical (unpaired) electrons. The Balaban J connectivity index is 1.86. The van der Waals surface area contributed by atoms with Crippen LogP contribution in [-0.4, -0.2) is 50.2 Å². The number of amides is 1. The zero-order valence-electron chi connectivity index (χ0n) is 22.3. The zero-order valence-corrected chi connectivity index (χ0v) is 22.3. The number of ether oxygens (including phenoxy) is 4. The van der Waals surface area contributed by atoms with E-state index in [1.807, 2.05) is 18.2 Å². The fraction of sp³-hybridized carbons (Fsp3) is 0.433. The Labute approximate surface area is 219 Å². The maximum atomic E-state index is 13.0. The lowest BCUT2D eigenvalue weighted by Gasteiger charge is -2.41. The molecule has 2 N–H and O–H groups in total. The average molecular weight is 508 g/mol. The number of anilines is 1. The third-order valence-corrected chi connectivity index (χ3v) is 7.26. The van der Waals surface area contributed by atoms with E-state index in [0.717, 1.165) is 18.4 Å². The van der Waals surface area contributed by atoms with Crippen LogP contribution in [-0.2, 0) is 19.9 Å². The smallest absolute Gasteiger partial charge is 0.257 e. The summed E-state index contributed by atoms with van der Waals surface area (Å²) >= 11 is 0. The molecular formula is C30H37NO6. The Kier molecular flexibility index (Phi) is 7.51. The molecule has 37 heavy (non-hydrogen) atoms. The van der Waals surface area contributed by atoms with Crippen LogP contribution in [0.1, 0.15) is 50.3 Å². The molecule has 3 unspecified atom stereocenters. The summed E-state index contributed by atoms with van der Waals surface area (Å²) in [5.74, 6) is 0.622. The lowest BCUT2D eigenvalue weighted by Crippen LogP contribution is -2.53. The minimum absolute atomic E-state index is 0.152. The molecule has 2 aliphatic rings. The topological polar surface area (TPSA) is 86.2 Å². The van der Waals surface area contributed by atoms with Crippen molar-refractivity contribution >= 4 is 17.7 Å². The Morgan fingerprint density at radius 3 is 2.46 bits per heavy atom. The number of hydrogen-bond donors (Lipinski definition) is 2. The van der Waals surface area contributed by atoms with Crippen LogP contribution in [0.4, 0.5) is 5.69 Å². The van der Waals surface area contributed by atoms with Gasteiger partial charge in [-0.15, -0.1) is 0 Å². The van der Waals surface area contributed by atoms with Gasteiger partial charge in [0.2, 0.25) is 0 Å². The Morgan fingerprint density at radius 2 is 1.86 bits per heavy atom. The first kappa shape index (κ1) is 26.9. The van der Waals surface area contributed by atoms with E-state index >= 15 is 0 Å². The highest BCUT2D eigenvalue weighted by atomic mass is 16.5. The van der Waals surface area contributed by atoms with Crippen molar-refractivity contribution < 1.29 is 28.8 Å². The van der Waals surface area contributed by atoms with Crippen molar-refractivity contribution in [1.29, 1.82) is 0 Å². The molecule has 0 aromatic heterocycles. The lowest BCUT2D eigenvalue weighted by molar-refractivity contribution is -0.142. The summed E-state index contributed by atoms with van der Waals surface area (Å²) < 4.78 is 23.3. The molecule has 4 rings (SSSR count). The predicted octanol–water partition coefficient (Wildman–Crippen LogP) is 5.07. The molecule has 3 atom stereocenters. The first-order valence-electron chi connectivity index (χ1n) is 12.5. The number of benzene rings is 2. The molecule has 0 spiro atoms. The molecule has 0 saturated carbocycles. The van der Waals surface area contributed by atoms with Crippen molar-refractivity contribution in [2.75, 3.05) is 32.8 Å². The van der Waals surface area contributed by atoms with E-state index in [1.165, 1.54) is 7.11 Å². The summed E-state index contributed by atoms with van der Waals surface area (Å²) in [5, 5.41) is 15.2. The summed E-state index contributed by atoms with van der Waals surface area (Å²) in [7, 11) is 2.98. The van der Waals surface area contributed by atoms with Crippen molar-refractivity contribution in [3.05, 3.63) is 71.8 Å². The SMILES string of the molecule is C=CCOc1c(/C=C/C2(C)CCC(C)(C)CO2)ccc2c1C(O)(c1ccc(OC)cc1)C(OC)C(=O)N2. The first-order chi connectivity index (χ1) is 17.6. The van der Waals surface area contributed by atoms with Crippen molar-refractivity contribution in [1.82, 2.24) is 0 Å². The number of nitrogens with one attached hydrogen (secondary N) is 1. The van der Waals surface area contributed by atoms with Crippen LogP contribution >= 0.6 is 0 Å². The minimum atomic E-state index is -1.83. The number of rotatable bonds is 8. The fourth-order valence-corrected chi connectivity index (χ4v) is 4.94. The van der Waals surface area contributed by atoms with E-state index in [2.05, 4.69) is 32.7 Å². The number of methoxy groups -OCH3 is 2. The van der Waals surface area contributed by atoms with Crippen molar-refractivity contribution in [3.8, 4) is 11.5 Å². The highest BCUT2D eigenvalue weighted by Gasteiger charge is 2.52. The highest BCUT2D eigenvalue weighted by Crippen LogP contribution is 2.49. The molecule has 1 saturated heterocycles. The van der Waals surface area contributed by atoms with E-state index in [9.17, 15) is 9.90 Å². The van der Waals surface area contributed by atoms with Gasteiger partial charge in [0.15, 0.2) is 11.7 Å². The summed E-state index contributed by atoms with van der Waals surface area (Å²) in [6.07, 6.45) is 6.39. The minimum Gasteiger partial charge on any atom is -0.497 e. The summed E-state index contributed by atoms with van der Waals surface area (Å²) in [6, 6.07) is 10.6. The normalized spacial score (nSPS) is 26.9. The van der Waals surface area contributed by atoms with Gasteiger partial charge in [-0.25, -0.2) is 0 Å². The van der Waals surface area contributed by atoms with E-state index in [4.69, 9.17) is 18.9 Å². The van der Waals surface area contributed by atoms with Gasteiger partial charge in [0.25, 0.3) is 5.91 Å². The van der Waals surface area contributed by atoms with Crippen molar-refractivity contribution in [3.63, 3.8) is 0 Å². The largest absolute Gasteiger partial charge is 0.497 e. The molecule has 7 heteroatoms. The Hall–Kier alpha value is -3.13. The quantitative estimate of drug-likeness (QED) is 0.485. The molecule has 2 aromatic carbocycles. The summed E-state index contributed by atoms with van der Waals surface area (Å²) in [5.41, 5.74) is 0.00229. The zero-order chi connectivity index (χ0) is 26.8. The Morgan fingerprint density at radius 1 is 1.14 bits per heavy atom. The van der Waals surface area contributed by atoms with E-state index in [1.54, 1.807) is 43.5 Å². The monoisotopic (exact) mass is 507 g/mol. The molecule has 2 aromatic rings. The van der Waals surface area contributed by atoms with Gasteiger partial charge in [-0.2, -0.15) is 0 Å². The Bertz CT molecular complexity index is 1180. The molecule has 2 aliphatic heterocycles. The fourth-order valence-electron chi connectivity index (χ4n) is 4.94. The predicted molar refractivity (Wildman–Crippen MR) is 144 cm³/mol.